The average Bonchev–Trinajstić information content (AvgIpc) is 3.38. The fourth-order valence-corrected chi connectivity index (χ4v) is 4.64. The molecule has 1 N–H and O–H groups in total. The first-order valence-corrected chi connectivity index (χ1v) is 9.97. The molecular formula is C21H17N5O2S. The molecule has 2 aromatic heterocycles. The molecule has 1 aliphatic heterocycles. The van der Waals surface area contributed by atoms with Crippen molar-refractivity contribution in [2.24, 2.45) is 0 Å². The highest BCUT2D eigenvalue weighted by Gasteiger charge is 2.36. The van der Waals surface area contributed by atoms with Crippen molar-refractivity contribution in [3.05, 3.63) is 82.4 Å². The van der Waals surface area contributed by atoms with Gasteiger partial charge in [0.05, 0.1) is 5.57 Å². The highest BCUT2D eigenvalue weighted by atomic mass is 32.1. The molecule has 0 spiro atoms. The van der Waals surface area contributed by atoms with Crippen molar-refractivity contribution in [1.29, 1.82) is 0 Å². The van der Waals surface area contributed by atoms with E-state index in [9.17, 15) is 4.79 Å². The molecule has 8 heteroatoms. The van der Waals surface area contributed by atoms with Crippen LogP contribution < -0.4 is 5.32 Å². The van der Waals surface area contributed by atoms with Crippen LogP contribution in [0.15, 0.2) is 71.9 Å². The van der Waals surface area contributed by atoms with Crippen LogP contribution in [0.2, 0.25) is 0 Å². The molecule has 1 unspecified atom stereocenters. The second kappa shape index (κ2) is 7.14. The SMILES string of the molecule is CC1=C(C(=O)OCc2ccccc2)C(c2cc3ccccc3s2)n2nnnc2N1. The number of tetrazole rings is 1. The molecule has 1 aliphatic rings. The first-order valence-electron chi connectivity index (χ1n) is 9.16. The summed E-state index contributed by atoms with van der Waals surface area (Å²) in [6.07, 6.45) is 0. The normalized spacial score (nSPS) is 15.8. The van der Waals surface area contributed by atoms with Crippen molar-refractivity contribution in [3.63, 3.8) is 0 Å². The third-order valence-electron chi connectivity index (χ3n) is 4.86. The Hall–Kier alpha value is -3.52. The van der Waals surface area contributed by atoms with Gasteiger partial charge in [-0.3, -0.25) is 0 Å². The number of anilines is 1. The second-order valence-corrected chi connectivity index (χ2v) is 7.88. The van der Waals surface area contributed by atoms with E-state index in [0.717, 1.165) is 20.5 Å². The van der Waals surface area contributed by atoms with Crippen LogP contribution in [0.4, 0.5) is 5.95 Å². The van der Waals surface area contributed by atoms with E-state index < -0.39 is 6.04 Å². The molecule has 0 saturated heterocycles. The van der Waals surface area contributed by atoms with Crippen LogP contribution in [0.5, 0.6) is 0 Å². The van der Waals surface area contributed by atoms with E-state index in [4.69, 9.17) is 4.74 Å². The largest absolute Gasteiger partial charge is 0.457 e. The third kappa shape index (κ3) is 3.17. The molecule has 0 bridgehead atoms. The van der Waals surface area contributed by atoms with Gasteiger partial charge in [-0.15, -0.1) is 11.3 Å². The summed E-state index contributed by atoms with van der Waals surface area (Å²) < 4.78 is 8.42. The molecule has 1 atom stereocenters. The maximum Gasteiger partial charge on any atom is 0.338 e. The standard InChI is InChI=1S/C21H17N5O2S/c1-13-18(20(27)28-12-14-7-3-2-4-8-14)19(26-21(22-13)23-24-25-26)17-11-15-9-5-6-10-16(15)29-17/h2-11,19H,12H2,1H3,(H,22,23,25). The van der Waals surface area contributed by atoms with E-state index in [-0.39, 0.29) is 12.6 Å². The number of rotatable bonds is 4. The van der Waals surface area contributed by atoms with Crippen LogP contribution >= 0.6 is 11.3 Å². The number of thiophene rings is 1. The molecule has 0 saturated carbocycles. The van der Waals surface area contributed by atoms with Crippen LogP contribution in [0, 0.1) is 0 Å². The number of ether oxygens (including phenoxy) is 1. The minimum absolute atomic E-state index is 0.206. The number of carbonyl (C=O) groups excluding carboxylic acids is 1. The highest BCUT2D eigenvalue weighted by Crippen LogP contribution is 2.40. The summed E-state index contributed by atoms with van der Waals surface area (Å²) in [4.78, 5) is 14.1. The zero-order valence-corrected chi connectivity index (χ0v) is 16.4. The average molecular weight is 403 g/mol. The summed E-state index contributed by atoms with van der Waals surface area (Å²) in [6, 6.07) is 19.4. The Morgan fingerprint density at radius 1 is 1.17 bits per heavy atom. The Labute approximate surface area is 170 Å². The molecule has 3 heterocycles. The Bertz CT molecular complexity index is 1200. The zero-order valence-electron chi connectivity index (χ0n) is 15.6. The summed E-state index contributed by atoms with van der Waals surface area (Å²) in [7, 11) is 0. The lowest BCUT2D eigenvalue weighted by Crippen LogP contribution is -2.29. The fourth-order valence-electron chi connectivity index (χ4n) is 3.48. The smallest absolute Gasteiger partial charge is 0.338 e. The lowest BCUT2D eigenvalue weighted by molar-refractivity contribution is -0.140. The maximum atomic E-state index is 13.1. The topological polar surface area (TPSA) is 81.9 Å². The van der Waals surface area contributed by atoms with Gasteiger partial charge in [-0.25, -0.2) is 4.79 Å². The van der Waals surface area contributed by atoms with Crippen molar-refractivity contribution < 1.29 is 9.53 Å². The van der Waals surface area contributed by atoms with Gasteiger partial charge in [-0.05, 0) is 40.4 Å². The minimum Gasteiger partial charge on any atom is -0.457 e. The van der Waals surface area contributed by atoms with Gasteiger partial charge in [0.2, 0.25) is 5.95 Å². The van der Waals surface area contributed by atoms with Crippen LogP contribution in [-0.2, 0) is 16.1 Å². The molecule has 7 nitrogen and oxygen atoms in total. The number of nitrogens with zero attached hydrogens (tertiary/aromatic N) is 4. The number of nitrogens with one attached hydrogen (secondary N) is 1. The molecule has 29 heavy (non-hydrogen) atoms. The van der Waals surface area contributed by atoms with Gasteiger partial charge in [-0.2, -0.15) is 4.68 Å². The van der Waals surface area contributed by atoms with Crippen molar-refractivity contribution in [2.75, 3.05) is 5.32 Å². The first-order chi connectivity index (χ1) is 14.2. The number of esters is 1. The minimum atomic E-state index is -0.443. The molecule has 0 amide bonds. The Morgan fingerprint density at radius 2 is 1.97 bits per heavy atom. The fraction of sp³-hybridized carbons (Fsp3) is 0.143. The molecule has 5 rings (SSSR count). The first kappa shape index (κ1) is 17.6. The molecule has 0 fully saturated rings. The Kier molecular flexibility index (Phi) is 4.33. The van der Waals surface area contributed by atoms with Gasteiger partial charge in [0.1, 0.15) is 12.6 Å². The van der Waals surface area contributed by atoms with Crippen LogP contribution in [0.1, 0.15) is 23.4 Å². The number of hydrogen-bond acceptors (Lipinski definition) is 7. The molecule has 0 radical (unpaired) electrons. The summed E-state index contributed by atoms with van der Waals surface area (Å²) in [5.41, 5.74) is 2.13. The molecule has 0 aliphatic carbocycles. The molecule has 2 aromatic carbocycles. The van der Waals surface area contributed by atoms with E-state index >= 15 is 0 Å². The predicted octanol–water partition coefficient (Wildman–Crippen LogP) is 3.92. The number of aromatic nitrogens is 4. The van der Waals surface area contributed by atoms with Crippen LogP contribution in [0.25, 0.3) is 10.1 Å². The lowest BCUT2D eigenvalue weighted by Gasteiger charge is -2.26. The predicted molar refractivity (Wildman–Crippen MR) is 110 cm³/mol. The van der Waals surface area contributed by atoms with E-state index in [0.29, 0.717) is 17.2 Å². The number of allylic oxidation sites excluding steroid dienone is 1. The Morgan fingerprint density at radius 3 is 2.79 bits per heavy atom. The van der Waals surface area contributed by atoms with E-state index in [1.165, 1.54) is 0 Å². The van der Waals surface area contributed by atoms with E-state index in [1.807, 2.05) is 49.4 Å². The third-order valence-corrected chi connectivity index (χ3v) is 6.03. The molecule has 144 valence electrons. The highest BCUT2D eigenvalue weighted by molar-refractivity contribution is 7.19. The number of fused-ring (bicyclic) bond motifs is 2. The summed E-state index contributed by atoms with van der Waals surface area (Å²) in [5, 5.41) is 16.2. The lowest BCUT2D eigenvalue weighted by atomic mass is 10.0. The Balaban J connectivity index is 1.53. The van der Waals surface area contributed by atoms with E-state index in [1.54, 1.807) is 16.0 Å². The van der Waals surface area contributed by atoms with Crippen LogP contribution in [0.3, 0.4) is 0 Å². The zero-order chi connectivity index (χ0) is 19.8. The number of carbonyl (C=O) groups is 1. The van der Waals surface area contributed by atoms with Crippen LogP contribution in [-0.4, -0.2) is 26.2 Å². The van der Waals surface area contributed by atoms with Crippen molar-refractivity contribution in [2.45, 2.75) is 19.6 Å². The number of hydrogen-bond donors (Lipinski definition) is 1. The summed E-state index contributed by atoms with van der Waals surface area (Å²) >= 11 is 1.62. The second-order valence-electron chi connectivity index (χ2n) is 6.76. The monoisotopic (exact) mass is 403 g/mol. The summed E-state index contributed by atoms with van der Waals surface area (Å²) in [5.74, 6) is 0.118. The van der Waals surface area contributed by atoms with E-state index in [2.05, 4.69) is 39.0 Å². The van der Waals surface area contributed by atoms with Gasteiger partial charge < -0.3 is 10.1 Å². The van der Waals surface area contributed by atoms with Crippen molar-refractivity contribution in [1.82, 2.24) is 20.2 Å². The number of benzene rings is 2. The van der Waals surface area contributed by atoms with Gasteiger partial charge in [0.25, 0.3) is 0 Å². The quantitative estimate of drug-likeness (QED) is 0.520. The molecule has 4 aromatic rings. The summed E-state index contributed by atoms with van der Waals surface area (Å²) in [6.45, 7) is 2.05. The van der Waals surface area contributed by atoms with Gasteiger partial charge in [0, 0.05) is 15.3 Å². The van der Waals surface area contributed by atoms with Crippen molar-refractivity contribution >= 4 is 33.3 Å². The molecular weight excluding hydrogens is 386 g/mol. The van der Waals surface area contributed by atoms with Gasteiger partial charge in [0.15, 0.2) is 0 Å². The van der Waals surface area contributed by atoms with Gasteiger partial charge >= 0.3 is 5.97 Å². The van der Waals surface area contributed by atoms with Gasteiger partial charge in [-0.1, -0.05) is 53.6 Å². The maximum absolute atomic E-state index is 13.1. The van der Waals surface area contributed by atoms with Crippen molar-refractivity contribution in [3.8, 4) is 0 Å².